The molecule has 0 bridgehead atoms. The fourth-order valence-electron chi connectivity index (χ4n) is 2.64. The molecule has 0 atom stereocenters. The number of amides is 1. The number of amidine groups is 1. The molecule has 1 aliphatic rings. The quantitative estimate of drug-likeness (QED) is 0.844. The number of hydrogen-bond acceptors (Lipinski definition) is 6. The van der Waals surface area contributed by atoms with Gasteiger partial charge in [0.05, 0.1) is 6.54 Å². The minimum atomic E-state index is -0.384. The van der Waals surface area contributed by atoms with Gasteiger partial charge in [0.2, 0.25) is 5.91 Å². The summed E-state index contributed by atoms with van der Waals surface area (Å²) in [4.78, 5) is 37.3. The average molecular weight is 373 g/mol. The summed E-state index contributed by atoms with van der Waals surface area (Å²) in [6, 6.07) is 9.51. The number of carbonyl (C=O) groups excluding carboxylic acids is 1. The molecule has 0 saturated heterocycles. The highest BCUT2D eigenvalue weighted by molar-refractivity contribution is 8.14. The summed E-state index contributed by atoms with van der Waals surface area (Å²) in [5.74, 6) is 0.0586. The van der Waals surface area contributed by atoms with Crippen molar-refractivity contribution in [3.05, 3.63) is 56.7 Å². The van der Waals surface area contributed by atoms with Crippen molar-refractivity contribution in [2.45, 2.75) is 38.3 Å². The Kier molecular flexibility index (Phi) is 5.27. The van der Waals surface area contributed by atoms with E-state index in [0.29, 0.717) is 30.2 Å². The summed E-state index contributed by atoms with van der Waals surface area (Å²) in [5, 5.41) is 6.90. The smallest absolute Gasteiger partial charge is 0.304 e. The van der Waals surface area contributed by atoms with E-state index in [1.54, 1.807) is 0 Å². The fourth-order valence-corrected chi connectivity index (χ4v) is 3.57. The van der Waals surface area contributed by atoms with Crippen LogP contribution in [0, 0.1) is 0 Å². The van der Waals surface area contributed by atoms with Gasteiger partial charge in [-0.05, 0) is 23.7 Å². The topological polar surface area (TPSA) is 97.5 Å². The second-order valence-electron chi connectivity index (χ2n) is 5.80. The first-order valence-electron chi connectivity index (χ1n) is 8.22. The van der Waals surface area contributed by atoms with E-state index in [9.17, 15) is 14.4 Å². The van der Waals surface area contributed by atoms with Gasteiger partial charge < -0.3 is 5.32 Å². The Morgan fingerprint density at radius 2 is 1.96 bits per heavy atom. The van der Waals surface area contributed by atoms with Crippen LogP contribution in [0.15, 0.2) is 49.9 Å². The molecule has 1 aliphatic heterocycles. The average Bonchev–Trinajstić information content (AvgIpc) is 2.63. The molecule has 1 aromatic heterocycles. The first-order chi connectivity index (χ1) is 12.5. The molecule has 2 aromatic rings. The summed E-state index contributed by atoms with van der Waals surface area (Å²) in [7, 11) is 0. The van der Waals surface area contributed by atoms with Gasteiger partial charge in [0, 0.05) is 13.5 Å². The Bertz CT molecular complexity index is 978. The van der Waals surface area contributed by atoms with Crippen LogP contribution in [0.25, 0.3) is 0 Å². The number of anilines is 1. The van der Waals surface area contributed by atoms with Crippen LogP contribution in [-0.2, 0) is 17.9 Å². The van der Waals surface area contributed by atoms with E-state index in [0.717, 1.165) is 17.3 Å². The zero-order valence-corrected chi connectivity index (χ0v) is 15.3. The van der Waals surface area contributed by atoms with Crippen molar-refractivity contribution in [3.8, 4) is 0 Å². The number of thioether (sulfide) groups is 1. The predicted octanol–water partition coefficient (Wildman–Crippen LogP) is 1.39. The molecular weight excluding hydrogens is 354 g/mol. The number of rotatable bonds is 4. The molecule has 2 heterocycles. The number of nitrogens with one attached hydrogen (secondary N) is 2. The molecule has 0 radical (unpaired) electrons. The second-order valence-corrected chi connectivity index (χ2v) is 6.80. The van der Waals surface area contributed by atoms with Gasteiger partial charge in [-0.25, -0.2) is 4.79 Å². The van der Waals surface area contributed by atoms with Gasteiger partial charge >= 0.3 is 5.69 Å². The first kappa shape index (κ1) is 18.0. The highest BCUT2D eigenvalue weighted by Gasteiger charge is 2.24. The number of fused-ring (bicyclic) bond motifs is 1. The number of nitrogens with zero attached hydrogens (tertiary/aromatic N) is 3. The van der Waals surface area contributed by atoms with Crippen LogP contribution in [0.1, 0.15) is 25.8 Å². The normalized spacial score (nSPS) is 12.8. The van der Waals surface area contributed by atoms with E-state index < -0.39 is 0 Å². The third-order valence-corrected chi connectivity index (χ3v) is 4.72. The molecule has 3 rings (SSSR count). The van der Waals surface area contributed by atoms with Gasteiger partial charge in [-0.15, -0.1) is 5.10 Å². The van der Waals surface area contributed by atoms with Gasteiger partial charge in [0.15, 0.2) is 11.0 Å². The molecule has 1 amide bonds. The molecule has 0 spiro atoms. The minimum absolute atomic E-state index is 0.273. The Morgan fingerprint density at radius 3 is 2.62 bits per heavy atom. The van der Waals surface area contributed by atoms with Crippen LogP contribution in [0.5, 0.6) is 0 Å². The van der Waals surface area contributed by atoms with E-state index in [2.05, 4.69) is 15.8 Å². The number of benzene rings is 1. The standard InChI is InChI=1S/C17H19N5O3S/c1-3-9-21-15(24)13-14(19-20-16(26-13)18-11(2)23)22(17(21)25)10-12-7-5-4-6-8-12/h4-8,19H,3,9-10H2,1-2H3,(H,18,20,23). The Morgan fingerprint density at radius 1 is 1.23 bits per heavy atom. The first-order valence-corrected chi connectivity index (χ1v) is 9.03. The van der Waals surface area contributed by atoms with Crippen molar-refractivity contribution >= 4 is 28.7 Å². The number of hydrogen-bond donors (Lipinski definition) is 2. The van der Waals surface area contributed by atoms with Crippen LogP contribution in [0.2, 0.25) is 0 Å². The lowest BCUT2D eigenvalue weighted by atomic mass is 10.2. The molecule has 136 valence electrons. The van der Waals surface area contributed by atoms with E-state index in [1.807, 2.05) is 37.3 Å². The monoisotopic (exact) mass is 373 g/mol. The zero-order valence-electron chi connectivity index (χ0n) is 14.5. The van der Waals surface area contributed by atoms with Crippen molar-refractivity contribution in [2.75, 3.05) is 5.43 Å². The third kappa shape index (κ3) is 3.57. The van der Waals surface area contributed by atoms with Crippen molar-refractivity contribution in [2.24, 2.45) is 5.10 Å². The SMILES string of the molecule is CCCn1c(=O)c2c(n(Cc3ccccc3)c1=O)NN=C(NC(C)=O)S2. The molecule has 1 aromatic carbocycles. The second kappa shape index (κ2) is 7.61. The van der Waals surface area contributed by atoms with E-state index >= 15 is 0 Å². The summed E-state index contributed by atoms with van der Waals surface area (Å²) < 4.78 is 2.73. The largest absolute Gasteiger partial charge is 0.332 e. The maximum absolute atomic E-state index is 12.9. The highest BCUT2D eigenvalue weighted by atomic mass is 32.2. The van der Waals surface area contributed by atoms with Crippen LogP contribution in [-0.4, -0.2) is 20.2 Å². The van der Waals surface area contributed by atoms with Crippen molar-refractivity contribution in [1.82, 2.24) is 14.5 Å². The van der Waals surface area contributed by atoms with Crippen LogP contribution in [0.4, 0.5) is 5.82 Å². The lowest BCUT2D eigenvalue weighted by Crippen LogP contribution is -2.43. The lowest BCUT2D eigenvalue weighted by Gasteiger charge is -2.22. The summed E-state index contributed by atoms with van der Waals surface area (Å²) in [5.41, 5.74) is 2.93. The summed E-state index contributed by atoms with van der Waals surface area (Å²) >= 11 is 1.05. The molecule has 0 fully saturated rings. The summed E-state index contributed by atoms with van der Waals surface area (Å²) in [6.45, 7) is 3.91. The van der Waals surface area contributed by atoms with Gasteiger partial charge in [0.1, 0.15) is 4.90 Å². The number of hydrazone groups is 1. The molecule has 9 heteroatoms. The van der Waals surface area contributed by atoms with Gasteiger partial charge in [0.25, 0.3) is 5.56 Å². The van der Waals surface area contributed by atoms with Gasteiger partial charge in [-0.1, -0.05) is 37.3 Å². The van der Waals surface area contributed by atoms with E-state index in [1.165, 1.54) is 16.1 Å². The van der Waals surface area contributed by atoms with Crippen molar-refractivity contribution in [3.63, 3.8) is 0 Å². The summed E-state index contributed by atoms with van der Waals surface area (Å²) in [6.07, 6.45) is 0.657. The van der Waals surface area contributed by atoms with Crippen LogP contribution < -0.4 is 22.0 Å². The minimum Gasteiger partial charge on any atom is -0.304 e. The van der Waals surface area contributed by atoms with E-state index in [-0.39, 0.29) is 22.3 Å². The highest BCUT2D eigenvalue weighted by Crippen LogP contribution is 2.27. The Labute approximate surface area is 153 Å². The van der Waals surface area contributed by atoms with Crippen molar-refractivity contribution in [1.29, 1.82) is 0 Å². The molecule has 8 nitrogen and oxygen atoms in total. The lowest BCUT2D eigenvalue weighted by molar-refractivity contribution is -0.117. The molecule has 26 heavy (non-hydrogen) atoms. The van der Waals surface area contributed by atoms with Crippen molar-refractivity contribution < 1.29 is 4.79 Å². The molecule has 0 unspecified atom stereocenters. The zero-order chi connectivity index (χ0) is 18.7. The molecule has 0 aliphatic carbocycles. The van der Waals surface area contributed by atoms with E-state index in [4.69, 9.17) is 0 Å². The maximum Gasteiger partial charge on any atom is 0.332 e. The number of aromatic nitrogens is 2. The van der Waals surface area contributed by atoms with Gasteiger partial charge in [-0.2, -0.15) is 0 Å². The maximum atomic E-state index is 12.9. The fraction of sp³-hybridized carbons (Fsp3) is 0.294. The van der Waals surface area contributed by atoms with Crippen LogP contribution >= 0.6 is 11.8 Å². The van der Waals surface area contributed by atoms with Gasteiger partial charge in [-0.3, -0.25) is 24.1 Å². The predicted molar refractivity (Wildman–Crippen MR) is 102 cm³/mol. The third-order valence-electron chi connectivity index (χ3n) is 3.76. The Hall–Kier alpha value is -2.81. The number of carbonyl (C=O) groups is 1. The van der Waals surface area contributed by atoms with Crippen LogP contribution in [0.3, 0.4) is 0 Å². The molecule has 2 N–H and O–H groups in total. The Balaban J connectivity index is 2.12. The molecule has 0 saturated carbocycles. The molecular formula is C17H19N5O3S.